The van der Waals surface area contributed by atoms with E-state index in [-0.39, 0.29) is 29.0 Å². The molecule has 0 aliphatic carbocycles. The molecule has 0 aliphatic rings. The van der Waals surface area contributed by atoms with Crippen molar-refractivity contribution < 1.29 is 33.9 Å². The fraction of sp³-hybridized carbons (Fsp3) is 0.211. The van der Waals surface area contributed by atoms with Crippen LogP contribution in [0.1, 0.15) is 22.4 Å². The van der Waals surface area contributed by atoms with Gasteiger partial charge < -0.3 is 25.0 Å². The first-order valence-electron chi connectivity index (χ1n) is 8.84. The molecule has 0 saturated heterocycles. The van der Waals surface area contributed by atoms with Crippen molar-refractivity contribution >= 4 is 30.9 Å². The summed E-state index contributed by atoms with van der Waals surface area (Å²) in [4.78, 5) is 40.7. The number of aromatic amines is 1. The van der Waals surface area contributed by atoms with Crippen LogP contribution in [0.25, 0.3) is 10.9 Å². The first-order chi connectivity index (χ1) is 14.2. The smallest absolute Gasteiger partial charge is 0.469 e. The lowest BCUT2D eigenvalue weighted by atomic mass is 10.0. The quantitative estimate of drug-likeness (QED) is 0.267. The number of aromatic nitrogens is 2. The first-order valence-corrected chi connectivity index (χ1v) is 10.4. The van der Waals surface area contributed by atoms with E-state index in [9.17, 15) is 19.6 Å². The van der Waals surface area contributed by atoms with Gasteiger partial charge in [0.05, 0.1) is 12.3 Å². The second-order valence-corrected chi connectivity index (χ2v) is 7.83. The van der Waals surface area contributed by atoms with Crippen LogP contribution in [-0.2, 0) is 26.9 Å². The molecule has 158 valence electrons. The van der Waals surface area contributed by atoms with E-state index in [2.05, 4.69) is 19.5 Å². The van der Waals surface area contributed by atoms with Gasteiger partial charge in [-0.25, -0.2) is 9.36 Å². The van der Waals surface area contributed by atoms with Crippen LogP contribution >= 0.6 is 7.82 Å². The second kappa shape index (κ2) is 8.76. The van der Waals surface area contributed by atoms with E-state index in [1.807, 2.05) is 24.3 Å². The summed E-state index contributed by atoms with van der Waals surface area (Å²) in [5, 5.41) is 20.8. The number of hydrogen-bond acceptors (Lipinski definition) is 6. The zero-order valence-electron chi connectivity index (χ0n) is 15.9. The summed E-state index contributed by atoms with van der Waals surface area (Å²) in [6, 6.07) is 6.32. The van der Waals surface area contributed by atoms with Gasteiger partial charge in [0.2, 0.25) is 0 Å². The number of carboxylic acid groups (broad SMARTS) is 1. The molecule has 0 amide bonds. The van der Waals surface area contributed by atoms with Crippen LogP contribution < -0.4 is 0 Å². The molecule has 0 aliphatic heterocycles. The predicted octanol–water partition coefficient (Wildman–Crippen LogP) is 2.30. The highest BCUT2D eigenvalue weighted by Gasteiger charge is 2.20. The predicted molar refractivity (Wildman–Crippen MR) is 108 cm³/mol. The molecule has 0 spiro atoms. The Labute approximate surface area is 171 Å². The van der Waals surface area contributed by atoms with E-state index in [1.54, 1.807) is 6.20 Å². The van der Waals surface area contributed by atoms with Crippen molar-refractivity contribution in [1.29, 1.82) is 0 Å². The van der Waals surface area contributed by atoms with Gasteiger partial charge in [-0.3, -0.25) is 14.5 Å². The summed E-state index contributed by atoms with van der Waals surface area (Å²) < 4.78 is 15.5. The SMILES string of the molecule is Cc1ncc(COP(=O)(O)O)c(C=NC(Cc2c[nH]c3ccccc23)C(=O)O)c1O. The highest BCUT2D eigenvalue weighted by atomic mass is 31.2. The molecule has 1 unspecified atom stereocenters. The molecule has 3 aromatic rings. The normalized spacial score (nSPS) is 13.2. The average Bonchev–Trinajstić information content (AvgIpc) is 3.09. The number of para-hydroxylation sites is 1. The van der Waals surface area contributed by atoms with Gasteiger partial charge in [-0.05, 0) is 18.6 Å². The molecular weight excluding hydrogens is 413 g/mol. The number of hydrogen-bond donors (Lipinski definition) is 5. The summed E-state index contributed by atoms with van der Waals surface area (Å²) in [6.07, 6.45) is 4.27. The van der Waals surface area contributed by atoms with E-state index < -0.39 is 26.4 Å². The number of aromatic hydroxyl groups is 1. The Kier molecular flexibility index (Phi) is 6.33. The average molecular weight is 433 g/mol. The van der Waals surface area contributed by atoms with Crippen LogP contribution in [0.2, 0.25) is 0 Å². The molecule has 0 saturated carbocycles. The maximum atomic E-state index is 11.8. The molecule has 0 fully saturated rings. The van der Waals surface area contributed by atoms with Crippen LogP contribution in [0.5, 0.6) is 5.75 Å². The highest BCUT2D eigenvalue weighted by molar-refractivity contribution is 7.46. The third kappa shape index (κ3) is 5.11. The fourth-order valence-electron chi connectivity index (χ4n) is 2.94. The van der Waals surface area contributed by atoms with Gasteiger partial charge in [0.1, 0.15) is 5.75 Å². The lowest BCUT2D eigenvalue weighted by Crippen LogP contribution is -2.21. The van der Waals surface area contributed by atoms with Gasteiger partial charge >= 0.3 is 13.8 Å². The third-order valence-corrected chi connectivity index (χ3v) is 4.97. The number of nitrogens with one attached hydrogen (secondary N) is 1. The molecule has 11 heteroatoms. The number of rotatable bonds is 8. The summed E-state index contributed by atoms with van der Waals surface area (Å²) in [5.41, 5.74) is 2.14. The van der Waals surface area contributed by atoms with Crippen LogP contribution in [0.3, 0.4) is 0 Å². The zero-order valence-corrected chi connectivity index (χ0v) is 16.8. The minimum atomic E-state index is -4.75. The number of phosphoric acid groups is 1. The molecule has 0 bridgehead atoms. The minimum Gasteiger partial charge on any atom is -0.505 e. The number of nitrogens with zero attached hydrogens (tertiary/aromatic N) is 2. The lowest BCUT2D eigenvalue weighted by Gasteiger charge is -2.12. The summed E-state index contributed by atoms with van der Waals surface area (Å²) in [5.74, 6) is -1.43. The van der Waals surface area contributed by atoms with Gasteiger partial charge in [0, 0.05) is 47.1 Å². The fourth-order valence-corrected chi connectivity index (χ4v) is 3.25. The minimum absolute atomic E-state index is 0.0844. The monoisotopic (exact) mass is 433 g/mol. The van der Waals surface area contributed by atoms with E-state index in [1.165, 1.54) is 13.1 Å². The van der Waals surface area contributed by atoms with Gasteiger partial charge in [-0.1, -0.05) is 18.2 Å². The van der Waals surface area contributed by atoms with E-state index in [0.29, 0.717) is 0 Å². The molecule has 30 heavy (non-hydrogen) atoms. The number of carboxylic acids is 1. The Morgan fingerprint density at radius 3 is 2.77 bits per heavy atom. The third-order valence-electron chi connectivity index (χ3n) is 4.50. The van der Waals surface area contributed by atoms with E-state index in [0.717, 1.165) is 22.7 Å². The van der Waals surface area contributed by atoms with Crippen molar-refractivity contribution in [3.63, 3.8) is 0 Å². The summed E-state index contributed by atoms with van der Waals surface area (Å²) >= 11 is 0. The van der Waals surface area contributed by atoms with E-state index >= 15 is 0 Å². The van der Waals surface area contributed by atoms with Gasteiger partial charge in [-0.15, -0.1) is 0 Å². The molecule has 0 radical (unpaired) electrons. The van der Waals surface area contributed by atoms with Gasteiger partial charge in [0.15, 0.2) is 6.04 Å². The Morgan fingerprint density at radius 2 is 2.07 bits per heavy atom. The van der Waals surface area contributed by atoms with Gasteiger partial charge in [0.25, 0.3) is 0 Å². The summed E-state index contributed by atoms with van der Waals surface area (Å²) in [6.45, 7) is 0.994. The molecular formula is C19H20N3O7P. The largest absolute Gasteiger partial charge is 0.505 e. The number of aliphatic imine (C=N–C) groups is 1. The highest BCUT2D eigenvalue weighted by Crippen LogP contribution is 2.37. The van der Waals surface area contributed by atoms with Crippen molar-refractivity contribution in [2.45, 2.75) is 26.0 Å². The van der Waals surface area contributed by atoms with Crippen LogP contribution in [0, 0.1) is 6.92 Å². The Morgan fingerprint density at radius 1 is 1.33 bits per heavy atom. The Balaban J connectivity index is 1.90. The number of H-pyrrole nitrogens is 1. The van der Waals surface area contributed by atoms with Crippen LogP contribution in [0.15, 0.2) is 41.7 Å². The van der Waals surface area contributed by atoms with Crippen LogP contribution in [-0.4, -0.2) is 48.2 Å². The first kappa shape index (κ1) is 21.7. The van der Waals surface area contributed by atoms with Crippen molar-refractivity contribution in [3.05, 3.63) is 59.0 Å². The number of carbonyl (C=O) groups is 1. The number of aryl methyl sites for hydroxylation is 1. The maximum Gasteiger partial charge on any atom is 0.469 e. The number of pyridine rings is 1. The molecule has 2 heterocycles. The van der Waals surface area contributed by atoms with Crippen molar-refractivity contribution in [2.24, 2.45) is 4.99 Å². The van der Waals surface area contributed by atoms with Crippen LogP contribution in [0.4, 0.5) is 0 Å². The lowest BCUT2D eigenvalue weighted by molar-refractivity contribution is -0.138. The molecule has 5 N–H and O–H groups in total. The maximum absolute atomic E-state index is 11.8. The Bertz CT molecular complexity index is 1150. The van der Waals surface area contributed by atoms with Crippen molar-refractivity contribution in [2.75, 3.05) is 0 Å². The number of aliphatic carboxylic acids is 1. The molecule has 10 nitrogen and oxygen atoms in total. The molecule has 1 aromatic carbocycles. The topological polar surface area (TPSA) is 165 Å². The standard InChI is InChI=1S/C19H20N3O7P/c1-11-18(23)15(13(8-20-11)10-29-30(26,27)28)9-22-17(19(24)25)6-12-7-21-16-5-3-2-4-14(12)16/h2-5,7-9,17,21,23H,6,10H2,1H3,(H,24,25)(H2,26,27,28). The second-order valence-electron chi connectivity index (χ2n) is 6.59. The summed E-state index contributed by atoms with van der Waals surface area (Å²) in [7, 11) is -4.75. The zero-order chi connectivity index (χ0) is 21.9. The molecule has 3 rings (SSSR count). The molecule has 1 atom stereocenters. The van der Waals surface area contributed by atoms with Crippen molar-refractivity contribution in [3.8, 4) is 5.75 Å². The number of fused-ring (bicyclic) bond motifs is 1. The Hall–Kier alpha value is -3.04. The van der Waals surface area contributed by atoms with E-state index in [4.69, 9.17) is 9.79 Å². The molecule has 2 aromatic heterocycles. The number of benzene rings is 1. The number of phosphoric ester groups is 1. The van der Waals surface area contributed by atoms with Gasteiger partial charge in [-0.2, -0.15) is 0 Å². The van der Waals surface area contributed by atoms with Crippen molar-refractivity contribution in [1.82, 2.24) is 9.97 Å².